The summed E-state index contributed by atoms with van der Waals surface area (Å²) in [6.45, 7) is 0.368. The number of nitrogens with zero attached hydrogens (tertiary/aromatic N) is 2. The van der Waals surface area contributed by atoms with Crippen molar-refractivity contribution >= 4 is 5.91 Å². The number of hydrogen-bond donors (Lipinski definition) is 1. The van der Waals surface area contributed by atoms with E-state index >= 15 is 0 Å². The summed E-state index contributed by atoms with van der Waals surface area (Å²) in [7, 11) is 0. The zero-order chi connectivity index (χ0) is 15.2. The molecule has 1 N–H and O–H groups in total. The van der Waals surface area contributed by atoms with Crippen molar-refractivity contribution in [2.45, 2.75) is 6.54 Å². The molecular formula is C16H13N3O3. The van der Waals surface area contributed by atoms with Crippen LogP contribution < -0.4 is 10.1 Å². The van der Waals surface area contributed by atoms with E-state index in [0.29, 0.717) is 6.54 Å². The second kappa shape index (κ2) is 6.53. The molecule has 0 fully saturated rings. The Labute approximate surface area is 126 Å². The second-order valence-corrected chi connectivity index (χ2v) is 4.49. The fraction of sp³-hybridized carbons (Fsp3) is 0.0625. The van der Waals surface area contributed by atoms with Gasteiger partial charge in [0.25, 0.3) is 0 Å². The molecule has 0 saturated carbocycles. The lowest BCUT2D eigenvalue weighted by Gasteiger charge is -2.07. The predicted molar refractivity (Wildman–Crippen MR) is 78.4 cm³/mol. The molecule has 1 amide bonds. The molecule has 22 heavy (non-hydrogen) atoms. The van der Waals surface area contributed by atoms with Crippen molar-refractivity contribution in [2.24, 2.45) is 0 Å². The number of amides is 1. The molecule has 0 aliphatic rings. The second-order valence-electron chi connectivity index (χ2n) is 4.49. The molecule has 0 aliphatic carbocycles. The fourth-order valence-corrected chi connectivity index (χ4v) is 1.83. The van der Waals surface area contributed by atoms with E-state index in [-0.39, 0.29) is 5.89 Å². The molecule has 2 aromatic carbocycles. The highest BCUT2D eigenvalue weighted by molar-refractivity contribution is 5.89. The molecule has 0 atom stereocenters. The van der Waals surface area contributed by atoms with Crippen molar-refractivity contribution in [3.63, 3.8) is 0 Å². The Balaban J connectivity index is 1.56. The number of aromatic nitrogens is 2. The molecule has 6 nitrogen and oxygen atoms in total. The van der Waals surface area contributed by atoms with Crippen LogP contribution in [-0.2, 0) is 6.54 Å². The number of ether oxygens (including phenoxy) is 1. The first-order chi connectivity index (χ1) is 10.8. The fourth-order valence-electron chi connectivity index (χ4n) is 1.83. The van der Waals surface area contributed by atoms with Gasteiger partial charge in [-0.05, 0) is 29.8 Å². The van der Waals surface area contributed by atoms with E-state index in [1.807, 2.05) is 54.6 Å². The zero-order valence-electron chi connectivity index (χ0n) is 11.6. The van der Waals surface area contributed by atoms with Crippen LogP contribution in [-0.4, -0.2) is 16.0 Å². The topological polar surface area (TPSA) is 77.2 Å². The van der Waals surface area contributed by atoms with Crippen molar-refractivity contribution in [1.29, 1.82) is 0 Å². The highest BCUT2D eigenvalue weighted by atomic mass is 16.5. The van der Waals surface area contributed by atoms with Crippen LogP contribution in [0.5, 0.6) is 11.5 Å². The van der Waals surface area contributed by atoms with Crippen LogP contribution in [0, 0.1) is 0 Å². The average Bonchev–Trinajstić information content (AvgIpc) is 3.09. The first kappa shape index (κ1) is 13.8. The van der Waals surface area contributed by atoms with E-state index in [9.17, 15) is 4.79 Å². The van der Waals surface area contributed by atoms with Gasteiger partial charge < -0.3 is 14.6 Å². The van der Waals surface area contributed by atoms with Gasteiger partial charge in [-0.15, -0.1) is 0 Å². The number of rotatable bonds is 5. The average molecular weight is 295 g/mol. The summed E-state index contributed by atoms with van der Waals surface area (Å²) in [5.74, 6) is 1.06. The molecule has 0 radical (unpaired) electrons. The summed E-state index contributed by atoms with van der Waals surface area (Å²) >= 11 is 0. The maximum Gasteiger partial charge on any atom is 0.315 e. The van der Waals surface area contributed by atoms with Crippen LogP contribution in [0.4, 0.5) is 0 Å². The van der Waals surface area contributed by atoms with Gasteiger partial charge in [-0.3, -0.25) is 4.79 Å². The Morgan fingerprint density at radius 1 is 1.05 bits per heavy atom. The van der Waals surface area contributed by atoms with Crippen molar-refractivity contribution in [1.82, 2.24) is 15.5 Å². The van der Waals surface area contributed by atoms with Crippen molar-refractivity contribution in [3.05, 3.63) is 72.4 Å². The van der Waals surface area contributed by atoms with E-state index in [0.717, 1.165) is 17.1 Å². The van der Waals surface area contributed by atoms with Crippen molar-refractivity contribution in [3.8, 4) is 11.5 Å². The zero-order valence-corrected chi connectivity index (χ0v) is 11.6. The Kier molecular flexibility index (Phi) is 4.10. The minimum atomic E-state index is -0.401. The molecule has 0 bridgehead atoms. The molecule has 3 aromatic rings. The van der Waals surface area contributed by atoms with Gasteiger partial charge in [0.2, 0.25) is 0 Å². The first-order valence-electron chi connectivity index (χ1n) is 6.68. The quantitative estimate of drug-likeness (QED) is 0.783. The van der Waals surface area contributed by atoms with Crippen molar-refractivity contribution < 1.29 is 14.1 Å². The van der Waals surface area contributed by atoms with Gasteiger partial charge >= 0.3 is 11.8 Å². The number of carbonyl (C=O) groups excluding carboxylic acids is 1. The predicted octanol–water partition coefficient (Wildman–Crippen LogP) is 2.79. The van der Waals surface area contributed by atoms with Gasteiger partial charge in [-0.2, -0.15) is 4.98 Å². The van der Waals surface area contributed by atoms with Crippen LogP contribution in [0.1, 0.15) is 16.2 Å². The molecule has 0 aliphatic heterocycles. The molecule has 0 unspecified atom stereocenters. The molecule has 1 aromatic heterocycles. The summed E-state index contributed by atoms with van der Waals surface area (Å²) in [6.07, 6.45) is 1.19. The maximum atomic E-state index is 11.7. The number of carbonyl (C=O) groups is 1. The van der Waals surface area contributed by atoms with Crippen LogP contribution in [0.3, 0.4) is 0 Å². The van der Waals surface area contributed by atoms with E-state index in [1.165, 1.54) is 6.33 Å². The van der Waals surface area contributed by atoms with Gasteiger partial charge in [0.1, 0.15) is 11.5 Å². The van der Waals surface area contributed by atoms with Crippen LogP contribution in [0.15, 0.2) is 65.4 Å². The van der Waals surface area contributed by atoms with Gasteiger partial charge in [-0.1, -0.05) is 35.5 Å². The minimum absolute atomic E-state index is 0.0518. The smallest absolute Gasteiger partial charge is 0.315 e. The minimum Gasteiger partial charge on any atom is -0.457 e. The Morgan fingerprint density at radius 3 is 2.45 bits per heavy atom. The Morgan fingerprint density at radius 2 is 1.77 bits per heavy atom. The maximum absolute atomic E-state index is 11.7. The third-order valence-electron chi connectivity index (χ3n) is 2.91. The van der Waals surface area contributed by atoms with Crippen LogP contribution in [0.2, 0.25) is 0 Å². The summed E-state index contributed by atoms with van der Waals surface area (Å²) in [6, 6.07) is 17.0. The molecule has 3 rings (SSSR count). The molecule has 1 heterocycles. The third-order valence-corrected chi connectivity index (χ3v) is 2.91. The summed E-state index contributed by atoms with van der Waals surface area (Å²) in [4.78, 5) is 15.3. The summed E-state index contributed by atoms with van der Waals surface area (Å²) < 4.78 is 10.4. The van der Waals surface area contributed by atoms with E-state index in [4.69, 9.17) is 4.74 Å². The van der Waals surface area contributed by atoms with E-state index in [1.54, 1.807) is 0 Å². The standard InChI is InChI=1S/C16H13N3O3/c20-15(16-18-11-19-22-16)17-10-12-6-8-14(9-7-12)21-13-4-2-1-3-5-13/h1-9,11H,10H2,(H,17,20). The van der Waals surface area contributed by atoms with Gasteiger partial charge in [0.05, 0.1) is 0 Å². The molecule has 0 spiro atoms. The van der Waals surface area contributed by atoms with Crippen LogP contribution >= 0.6 is 0 Å². The molecular weight excluding hydrogens is 282 g/mol. The lowest BCUT2D eigenvalue weighted by atomic mass is 10.2. The summed E-state index contributed by atoms with van der Waals surface area (Å²) in [5.41, 5.74) is 0.938. The van der Waals surface area contributed by atoms with Gasteiger partial charge in [-0.25, -0.2) is 0 Å². The third kappa shape index (κ3) is 3.49. The van der Waals surface area contributed by atoms with E-state index in [2.05, 4.69) is 20.0 Å². The lowest BCUT2D eigenvalue weighted by Crippen LogP contribution is -2.22. The highest BCUT2D eigenvalue weighted by Gasteiger charge is 2.10. The largest absolute Gasteiger partial charge is 0.457 e. The number of nitrogens with one attached hydrogen (secondary N) is 1. The first-order valence-corrected chi connectivity index (χ1v) is 6.68. The van der Waals surface area contributed by atoms with Gasteiger partial charge in [0.15, 0.2) is 6.33 Å². The highest BCUT2D eigenvalue weighted by Crippen LogP contribution is 2.21. The molecule has 0 saturated heterocycles. The monoisotopic (exact) mass is 295 g/mol. The molecule has 110 valence electrons. The number of hydrogen-bond acceptors (Lipinski definition) is 5. The Bertz CT molecular complexity index is 725. The number of para-hydroxylation sites is 1. The normalized spacial score (nSPS) is 10.2. The number of benzene rings is 2. The summed E-state index contributed by atoms with van der Waals surface area (Å²) in [5, 5.41) is 6.08. The molecule has 6 heteroatoms. The SMILES string of the molecule is O=C(NCc1ccc(Oc2ccccc2)cc1)c1ncno1. The van der Waals surface area contributed by atoms with Gasteiger partial charge in [0, 0.05) is 6.54 Å². The van der Waals surface area contributed by atoms with Crippen molar-refractivity contribution in [2.75, 3.05) is 0 Å². The van der Waals surface area contributed by atoms with Crippen LogP contribution in [0.25, 0.3) is 0 Å². The lowest BCUT2D eigenvalue weighted by molar-refractivity contribution is 0.0907. The van der Waals surface area contributed by atoms with E-state index < -0.39 is 5.91 Å². The Hall–Kier alpha value is -3.15.